The second-order valence-electron chi connectivity index (χ2n) is 7.59. The van der Waals surface area contributed by atoms with E-state index >= 15 is 0 Å². The van der Waals surface area contributed by atoms with Gasteiger partial charge in [0.2, 0.25) is 0 Å². The van der Waals surface area contributed by atoms with Crippen molar-refractivity contribution in [1.29, 1.82) is 0 Å². The number of benzene rings is 2. The zero-order valence-electron chi connectivity index (χ0n) is 16.6. The predicted molar refractivity (Wildman–Crippen MR) is 113 cm³/mol. The molecule has 0 radical (unpaired) electrons. The average Bonchev–Trinajstić information content (AvgIpc) is 3.23. The molecule has 0 atom stereocenters. The van der Waals surface area contributed by atoms with Crippen LogP contribution in [-0.2, 0) is 24.1 Å². The van der Waals surface area contributed by atoms with Gasteiger partial charge in [0.25, 0.3) is 0 Å². The van der Waals surface area contributed by atoms with Gasteiger partial charge in [-0.25, -0.2) is 4.79 Å². The van der Waals surface area contributed by atoms with Crippen molar-refractivity contribution < 1.29 is 19.7 Å². The van der Waals surface area contributed by atoms with Crippen molar-refractivity contribution in [3.63, 3.8) is 0 Å². The SMILES string of the molecule is CCOC(=O)c1ccc2[nH]c3c(c2c1)Cc1c(c(O)n(Cc2ccccc2)c1O)C3. The van der Waals surface area contributed by atoms with Crippen LogP contribution in [0.4, 0.5) is 0 Å². The van der Waals surface area contributed by atoms with Gasteiger partial charge in [-0.1, -0.05) is 30.3 Å². The minimum atomic E-state index is -0.347. The molecule has 0 saturated heterocycles. The monoisotopic (exact) mass is 402 g/mol. The number of aromatic nitrogens is 2. The molecular formula is C24H22N2O4. The van der Waals surface area contributed by atoms with Gasteiger partial charge in [-0.2, -0.15) is 0 Å². The number of carbonyl (C=O) groups excluding carboxylic acids is 1. The molecule has 3 N–H and O–H groups in total. The number of aromatic hydroxyl groups is 2. The number of nitrogens with one attached hydrogen (secondary N) is 1. The van der Waals surface area contributed by atoms with Gasteiger partial charge in [0, 0.05) is 40.6 Å². The summed E-state index contributed by atoms with van der Waals surface area (Å²) in [4.78, 5) is 15.6. The highest BCUT2D eigenvalue weighted by atomic mass is 16.5. The molecular weight excluding hydrogens is 380 g/mol. The molecule has 1 aliphatic rings. The van der Waals surface area contributed by atoms with Crippen LogP contribution in [0.1, 0.15) is 45.2 Å². The molecule has 152 valence electrons. The fourth-order valence-electron chi connectivity index (χ4n) is 4.33. The van der Waals surface area contributed by atoms with Crippen molar-refractivity contribution in [3.8, 4) is 11.8 Å². The molecule has 0 spiro atoms. The first-order valence-electron chi connectivity index (χ1n) is 10.0. The Morgan fingerprint density at radius 2 is 1.77 bits per heavy atom. The number of hydrogen-bond acceptors (Lipinski definition) is 4. The van der Waals surface area contributed by atoms with Gasteiger partial charge < -0.3 is 19.9 Å². The average molecular weight is 402 g/mol. The number of nitrogens with zero attached hydrogens (tertiary/aromatic N) is 1. The van der Waals surface area contributed by atoms with E-state index in [0.29, 0.717) is 31.6 Å². The third-order valence-corrected chi connectivity index (χ3v) is 5.81. The number of hydrogen-bond donors (Lipinski definition) is 3. The van der Waals surface area contributed by atoms with Gasteiger partial charge in [-0.3, -0.25) is 4.57 Å². The second kappa shape index (κ2) is 6.99. The summed E-state index contributed by atoms with van der Waals surface area (Å²) in [6, 6.07) is 15.2. The number of rotatable bonds is 4. The van der Waals surface area contributed by atoms with Gasteiger partial charge in [0.1, 0.15) is 0 Å². The van der Waals surface area contributed by atoms with Crippen molar-refractivity contribution in [2.75, 3.05) is 6.61 Å². The summed E-state index contributed by atoms with van der Waals surface area (Å²) < 4.78 is 6.68. The highest BCUT2D eigenvalue weighted by Crippen LogP contribution is 2.43. The Balaban J connectivity index is 1.55. The summed E-state index contributed by atoms with van der Waals surface area (Å²) in [5.74, 6) is -0.156. The molecule has 30 heavy (non-hydrogen) atoms. The van der Waals surface area contributed by atoms with Crippen molar-refractivity contribution in [3.05, 3.63) is 82.0 Å². The maximum atomic E-state index is 12.1. The standard InChI is InChI=1S/C24H22N2O4/c1-2-30-24(29)15-8-9-20-16(10-15)17-11-18-19(12-21(17)25-20)23(28)26(22(18)27)13-14-6-4-3-5-7-14/h3-10,25,27-28H,2,11-13H2,1H3. The van der Waals surface area contributed by atoms with E-state index in [4.69, 9.17) is 4.74 Å². The minimum absolute atomic E-state index is 0.0906. The Bertz CT molecular complexity index is 1270. The molecule has 6 heteroatoms. The third-order valence-electron chi connectivity index (χ3n) is 5.81. The summed E-state index contributed by atoms with van der Waals surface area (Å²) in [5, 5.41) is 22.6. The molecule has 6 nitrogen and oxygen atoms in total. The lowest BCUT2D eigenvalue weighted by Crippen LogP contribution is -2.05. The van der Waals surface area contributed by atoms with Gasteiger partial charge in [-0.05, 0) is 36.2 Å². The molecule has 2 aromatic heterocycles. The Hall–Kier alpha value is -3.67. The Labute approximate surface area is 173 Å². The summed E-state index contributed by atoms with van der Waals surface area (Å²) in [5.41, 5.74) is 5.94. The molecule has 0 fully saturated rings. The first kappa shape index (κ1) is 18.4. The number of esters is 1. The van der Waals surface area contributed by atoms with E-state index < -0.39 is 0 Å². The van der Waals surface area contributed by atoms with Crippen LogP contribution in [0.3, 0.4) is 0 Å². The van der Waals surface area contributed by atoms with Crippen LogP contribution in [0.2, 0.25) is 0 Å². The summed E-state index contributed by atoms with van der Waals surface area (Å²) in [7, 11) is 0. The molecule has 0 bridgehead atoms. The second-order valence-corrected chi connectivity index (χ2v) is 7.59. The van der Waals surface area contributed by atoms with Crippen LogP contribution in [-0.4, -0.2) is 32.3 Å². The predicted octanol–water partition coefficient (Wildman–Crippen LogP) is 4.10. The van der Waals surface area contributed by atoms with E-state index in [1.54, 1.807) is 17.6 Å². The van der Waals surface area contributed by atoms with Crippen molar-refractivity contribution in [1.82, 2.24) is 9.55 Å². The van der Waals surface area contributed by atoms with Crippen molar-refractivity contribution in [2.45, 2.75) is 26.3 Å². The van der Waals surface area contributed by atoms with Crippen LogP contribution in [0, 0.1) is 0 Å². The Morgan fingerprint density at radius 3 is 2.50 bits per heavy atom. The summed E-state index contributed by atoms with van der Waals surface area (Å²) >= 11 is 0. The highest BCUT2D eigenvalue weighted by Gasteiger charge is 2.29. The van der Waals surface area contributed by atoms with Crippen LogP contribution in [0.25, 0.3) is 10.9 Å². The van der Waals surface area contributed by atoms with E-state index in [-0.39, 0.29) is 17.7 Å². The number of aromatic amines is 1. The Kier molecular flexibility index (Phi) is 4.28. The number of carbonyl (C=O) groups is 1. The van der Waals surface area contributed by atoms with Crippen molar-refractivity contribution in [2.24, 2.45) is 0 Å². The lowest BCUT2D eigenvalue weighted by atomic mass is 9.91. The Morgan fingerprint density at radius 1 is 1.03 bits per heavy atom. The van der Waals surface area contributed by atoms with E-state index in [9.17, 15) is 15.0 Å². The lowest BCUT2D eigenvalue weighted by Gasteiger charge is -2.13. The fourth-order valence-corrected chi connectivity index (χ4v) is 4.33. The summed E-state index contributed by atoms with van der Waals surface area (Å²) in [6.45, 7) is 2.51. The van der Waals surface area contributed by atoms with Crippen LogP contribution in [0.5, 0.6) is 11.8 Å². The number of H-pyrrole nitrogens is 1. The lowest BCUT2D eigenvalue weighted by molar-refractivity contribution is 0.0526. The van der Waals surface area contributed by atoms with Crippen LogP contribution >= 0.6 is 0 Å². The van der Waals surface area contributed by atoms with Gasteiger partial charge in [0.05, 0.1) is 18.7 Å². The maximum absolute atomic E-state index is 12.1. The van der Waals surface area contributed by atoms with E-state index in [1.165, 1.54) is 0 Å². The molecule has 4 aromatic rings. The first-order chi connectivity index (χ1) is 14.6. The smallest absolute Gasteiger partial charge is 0.338 e. The largest absolute Gasteiger partial charge is 0.494 e. The zero-order valence-corrected chi connectivity index (χ0v) is 16.6. The van der Waals surface area contributed by atoms with Crippen molar-refractivity contribution >= 4 is 16.9 Å². The summed E-state index contributed by atoms with van der Waals surface area (Å²) in [6.07, 6.45) is 0.980. The molecule has 0 aliphatic heterocycles. The number of ether oxygens (including phenoxy) is 1. The van der Waals surface area contributed by atoms with E-state index in [0.717, 1.165) is 38.9 Å². The quantitative estimate of drug-likeness (QED) is 0.395. The van der Waals surface area contributed by atoms with E-state index in [2.05, 4.69) is 4.98 Å². The topological polar surface area (TPSA) is 87.5 Å². The third kappa shape index (κ3) is 2.84. The normalized spacial score (nSPS) is 12.6. The maximum Gasteiger partial charge on any atom is 0.338 e. The molecule has 1 aliphatic carbocycles. The molecule has 0 saturated carbocycles. The van der Waals surface area contributed by atoms with Crippen LogP contribution < -0.4 is 0 Å². The first-order valence-corrected chi connectivity index (χ1v) is 10.0. The zero-order chi connectivity index (χ0) is 20.8. The van der Waals surface area contributed by atoms with Crippen LogP contribution in [0.15, 0.2) is 48.5 Å². The highest BCUT2D eigenvalue weighted by molar-refractivity contribution is 5.96. The van der Waals surface area contributed by atoms with Gasteiger partial charge in [0.15, 0.2) is 11.8 Å². The molecule has 0 amide bonds. The fraction of sp³-hybridized carbons (Fsp3) is 0.208. The molecule has 5 rings (SSSR count). The molecule has 2 heterocycles. The number of fused-ring (bicyclic) bond motifs is 4. The molecule has 0 unspecified atom stereocenters. The van der Waals surface area contributed by atoms with E-state index in [1.807, 2.05) is 42.5 Å². The van der Waals surface area contributed by atoms with Gasteiger partial charge in [-0.15, -0.1) is 0 Å². The minimum Gasteiger partial charge on any atom is -0.494 e. The van der Waals surface area contributed by atoms with Gasteiger partial charge >= 0.3 is 5.97 Å². The molecule has 2 aromatic carbocycles.